The van der Waals surface area contributed by atoms with Crippen LogP contribution < -0.4 is 0 Å². The van der Waals surface area contributed by atoms with Crippen LogP contribution >= 0.6 is 0 Å². The van der Waals surface area contributed by atoms with Gasteiger partial charge in [0.2, 0.25) is 0 Å². The van der Waals surface area contributed by atoms with Gasteiger partial charge in [0, 0.05) is 18.0 Å². The zero-order valence-electron chi connectivity index (χ0n) is 13.3. The Labute approximate surface area is 138 Å². The number of esters is 2. The van der Waals surface area contributed by atoms with Crippen LogP contribution in [-0.2, 0) is 9.47 Å². The molecule has 0 saturated heterocycles. The number of pyridine rings is 1. The van der Waals surface area contributed by atoms with Gasteiger partial charge < -0.3 is 9.47 Å². The van der Waals surface area contributed by atoms with Crippen LogP contribution in [0.15, 0.2) is 54.9 Å². The summed E-state index contributed by atoms with van der Waals surface area (Å²) in [5, 5.41) is 1.68. The molecule has 2 aromatic carbocycles. The number of rotatable bonds is 3. The maximum atomic E-state index is 12.4. The Morgan fingerprint density at radius 2 is 1.58 bits per heavy atom. The molecular formula is C19H15NO4. The fraction of sp³-hybridized carbons (Fsp3) is 0.105. The Hall–Kier alpha value is -3.21. The topological polar surface area (TPSA) is 65.5 Å². The van der Waals surface area contributed by atoms with E-state index in [0.29, 0.717) is 5.56 Å². The number of fused-ring (bicyclic) bond motifs is 1. The van der Waals surface area contributed by atoms with Crippen LogP contribution in [0.5, 0.6) is 0 Å². The summed E-state index contributed by atoms with van der Waals surface area (Å²) in [6.07, 6.45) is 3.27. The highest BCUT2D eigenvalue weighted by atomic mass is 16.5. The van der Waals surface area contributed by atoms with Gasteiger partial charge in [-0.25, -0.2) is 9.59 Å². The summed E-state index contributed by atoms with van der Waals surface area (Å²) in [7, 11) is 2.57. The lowest BCUT2D eigenvalue weighted by atomic mass is 9.90. The van der Waals surface area contributed by atoms with Gasteiger partial charge in [-0.2, -0.15) is 0 Å². The first-order valence-electron chi connectivity index (χ1n) is 7.30. The van der Waals surface area contributed by atoms with E-state index >= 15 is 0 Å². The van der Waals surface area contributed by atoms with Crippen LogP contribution in [0.2, 0.25) is 0 Å². The van der Waals surface area contributed by atoms with E-state index in [1.54, 1.807) is 30.6 Å². The molecule has 5 nitrogen and oxygen atoms in total. The molecular weight excluding hydrogens is 306 g/mol. The van der Waals surface area contributed by atoms with Gasteiger partial charge in [-0.1, -0.05) is 24.3 Å². The van der Waals surface area contributed by atoms with E-state index in [1.807, 2.05) is 24.3 Å². The zero-order valence-corrected chi connectivity index (χ0v) is 13.3. The maximum absolute atomic E-state index is 12.4. The van der Waals surface area contributed by atoms with Crippen molar-refractivity contribution in [3.8, 4) is 11.1 Å². The Kier molecular flexibility index (Phi) is 4.24. The number of methoxy groups -OCH3 is 2. The van der Waals surface area contributed by atoms with Gasteiger partial charge in [0.1, 0.15) is 0 Å². The second-order valence-electron chi connectivity index (χ2n) is 5.11. The molecule has 0 aliphatic rings. The minimum atomic E-state index is -0.590. The largest absolute Gasteiger partial charge is 0.465 e. The molecule has 1 heterocycles. The SMILES string of the molecule is COC(=O)c1cc2ccccc2c(-c2ccncc2)c1C(=O)OC. The van der Waals surface area contributed by atoms with Crippen molar-refractivity contribution in [2.75, 3.05) is 14.2 Å². The molecule has 0 fully saturated rings. The van der Waals surface area contributed by atoms with Crippen molar-refractivity contribution in [2.45, 2.75) is 0 Å². The van der Waals surface area contributed by atoms with E-state index in [1.165, 1.54) is 14.2 Å². The van der Waals surface area contributed by atoms with Crippen LogP contribution in [0.3, 0.4) is 0 Å². The zero-order chi connectivity index (χ0) is 17.1. The van der Waals surface area contributed by atoms with Gasteiger partial charge in [-0.15, -0.1) is 0 Å². The maximum Gasteiger partial charge on any atom is 0.339 e. The van der Waals surface area contributed by atoms with Gasteiger partial charge in [-0.05, 0) is 34.5 Å². The van der Waals surface area contributed by atoms with Crippen molar-refractivity contribution in [2.24, 2.45) is 0 Å². The molecule has 0 N–H and O–H groups in total. The van der Waals surface area contributed by atoms with Crippen LogP contribution in [0, 0.1) is 0 Å². The molecule has 5 heteroatoms. The Balaban J connectivity index is 2.49. The number of carbonyl (C=O) groups excluding carboxylic acids is 2. The van der Waals surface area contributed by atoms with E-state index in [0.717, 1.165) is 16.3 Å². The molecule has 0 spiro atoms. The van der Waals surface area contributed by atoms with Crippen molar-refractivity contribution >= 4 is 22.7 Å². The number of hydrogen-bond donors (Lipinski definition) is 0. The smallest absolute Gasteiger partial charge is 0.339 e. The molecule has 0 amide bonds. The summed E-state index contributed by atoms with van der Waals surface area (Å²) in [6, 6.07) is 12.8. The first-order chi connectivity index (χ1) is 11.7. The van der Waals surface area contributed by atoms with E-state index in [-0.39, 0.29) is 11.1 Å². The normalized spacial score (nSPS) is 10.4. The summed E-state index contributed by atoms with van der Waals surface area (Å²) in [4.78, 5) is 28.7. The standard InChI is InChI=1S/C19H15NO4/c1-23-18(21)15-11-13-5-3-4-6-14(13)16(17(15)19(22)24-2)12-7-9-20-10-8-12/h3-11H,1-2H3. The third-order valence-corrected chi connectivity index (χ3v) is 3.81. The quantitative estimate of drug-likeness (QED) is 0.691. The predicted octanol–water partition coefficient (Wildman–Crippen LogP) is 3.48. The highest BCUT2D eigenvalue weighted by Crippen LogP contribution is 2.35. The third kappa shape index (κ3) is 2.60. The summed E-state index contributed by atoms with van der Waals surface area (Å²) >= 11 is 0. The highest BCUT2D eigenvalue weighted by molar-refractivity contribution is 6.15. The Bertz CT molecular complexity index is 919. The fourth-order valence-corrected chi connectivity index (χ4v) is 2.75. The highest BCUT2D eigenvalue weighted by Gasteiger charge is 2.25. The number of benzene rings is 2. The van der Waals surface area contributed by atoms with Gasteiger partial charge in [0.05, 0.1) is 25.3 Å². The summed E-state index contributed by atoms with van der Waals surface area (Å²) in [6.45, 7) is 0. The van der Waals surface area contributed by atoms with E-state index in [2.05, 4.69) is 4.98 Å². The van der Waals surface area contributed by atoms with Crippen LogP contribution in [0.1, 0.15) is 20.7 Å². The monoisotopic (exact) mass is 321 g/mol. The molecule has 1 aromatic heterocycles. The molecule has 0 radical (unpaired) electrons. The van der Waals surface area contributed by atoms with Crippen LogP contribution in [-0.4, -0.2) is 31.1 Å². The third-order valence-electron chi connectivity index (χ3n) is 3.81. The van der Waals surface area contributed by atoms with E-state index in [9.17, 15) is 9.59 Å². The molecule has 120 valence electrons. The van der Waals surface area contributed by atoms with E-state index < -0.39 is 11.9 Å². The Morgan fingerprint density at radius 3 is 2.25 bits per heavy atom. The average Bonchev–Trinajstić information content (AvgIpc) is 2.65. The lowest BCUT2D eigenvalue weighted by Gasteiger charge is -2.15. The number of carbonyl (C=O) groups is 2. The van der Waals surface area contributed by atoms with E-state index in [4.69, 9.17) is 9.47 Å². The van der Waals surface area contributed by atoms with Crippen molar-refractivity contribution in [3.05, 3.63) is 66.0 Å². The van der Waals surface area contributed by atoms with Gasteiger partial charge in [0.15, 0.2) is 0 Å². The molecule has 3 rings (SSSR count). The summed E-state index contributed by atoms with van der Waals surface area (Å²) in [5.74, 6) is -1.18. The average molecular weight is 321 g/mol. The van der Waals surface area contributed by atoms with Gasteiger partial charge in [0.25, 0.3) is 0 Å². The van der Waals surface area contributed by atoms with Crippen molar-refractivity contribution < 1.29 is 19.1 Å². The van der Waals surface area contributed by atoms with Crippen LogP contribution in [0.25, 0.3) is 21.9 Å². The molecule has 0 saturated carbocycles. The second-order valence-corrected chi connectivity index (χ2v) is 5.11. The number of hydrogen-bond acceptors (Lipinski definition) is 5. The lowest BCUT2D eigenvalue weighted by Crippen LogP contribution is -2.14. The molecule has 0 aliphatic heterocycles. The van der Waals surface area contributed by atoms with Crippen molar-refractivity contribution in [1.82, 2.24) is 4.98 Å². The molecule has 0 unspecified atom stereocenters. The summed E-state index contributed by atoms with van der Waals surface area (Å²) < 4.78 is 9.77. The van der Waals surface area contributed by atoms with Gasteiger partial charge in [-0.3, -0.25) is 4.98 Å². The second kappa shape index (κ2) is 6.50. The van der Waals surface area contributed by atoms with Crippen LogP contribution in [0.4, 0.5) is 0 Å². The molecule has 0 aliphatic carbocycles. The van der Waals surface area contributed by atoms with Gasteiger partial charge >= 0.3 is 11.9 Å². The Morgan fingerprint density at radius 1 is 0.917 bits per heavy atom. The molecule has 3 aromatic rings. The first-order valence-corrected chi connectivity index (χ1v) is 7.30. The molecule has 24 heavy (non-hydrogen) atoms. The number of ether oxygens (including phenoxy) is 2. The predicted molar refractivity (Wildman–Crippen MR) is 89.9 cm³/mol. The number of nitrogens with zero attached hydrogens (tertiary/aromatic N) is 1. The van der Waals surface area contributed by atoms with Crippen molar-refractivity contribution in [1.29, 1.82) is 0 Å². The minimum absolute atomic E-state index is 0.176. The lowest BCUT2D eigenvalue weighted by molar-refractivity contribution is 0.0556. The fourth-order valence-electron chi connectivity index (χ4n) is 2.75. The summed E-state index contributed by atoms with van der Waals surface area (Å²) in [5.41, 5.74) is 1.76. The number of aromatic nitrogens is 1. The molecule has 0 bridgehead atoms. The molecule has 0 atom stereocenters. The minimum Gasteiger partial charge on any atom is -0.465 e. The van der Waals surface area contributed by atoms with Crippen molar-refractivity contribution in [3.63, 3.8) is 0 Å². The first kappa shape index (κ1) is 15.7.